The van der Waals surface area contributed by atoms with Crippen molar-refractivity contribution in [1.29, 1.82) is 0 Å². The van der Waals surface area contributed by atoms with Gasteiger partial charge in [0.2, 0.25) is 0 Å². The lowest BCUT2D eigenvalue weighted by atomic mass is 10.0. The van der Waals surface area contributed by atoms with E-state index in [1.807, 2.05) is 48.5 Å². The average Bonchev–Trinajstić information content (AvgIpc) is 3.52. The van der Waals surface area contributed by atoms with Crippen LogP contribution in [0.2, 0.25) is 0 Å². The Morgan fingerprint density at radius 1 is 0.722 bits per heavy atom. The molecule has 2 N–H and O–H groups in total. The summed E-state index contributed by atoms with van der Waals surface area (Å²) in [4.78, 5) is 13.6. The molecular formula is C30H41N5O. The van der Waals surface area contributed by atoms with E-state index in [1.165, 1.54) is 77.0 Å². The molecule has 0 atom stereocenters. The Bertz CT molecular complexity index is 1240. The summed E-state index contributed by atoms with van der Waals surface area (Å²) < 4.78 is 1.66. The summed E-state index contributed by atoms with van der Waals surface area (Å²) in [5.74, 6) is 0. The summed E-state index contributed by atoms with van der Waals surface area (Å²) in [6.45, 7) is 2.28. The van der Waals surface area contributed by atoms with Crippen LogP contribution in [0.15, 0.2) is 53.3 Å². The van der Waals surface area contributed by atoms with Gasteiger partial charge in [0, 0.05) is 11.3 Å². The molecule has 0 aliphatic heterocycles. The van der Waals surface area contributed by atoms with Crippen LogP contribution in [0.5, 0.6) is 0 Å². The van der Waals surface area contributed by atoms with Gasteiger partial charge in [0.15, 0.2) is 0 Å². The zero-order chi connectivity index (χ0) is 25.0. The van der Waals surface area contributed by atoms with Crippen molar-refractivity contribution in [2.45, 2.75) is 96.8 Å². The minimum absolute atomic E-state index is 0.0404. The molecule has 2 aromatic carbocycles. The van der Waals surface area contributed by atoms with Gasteiger partial charge < -0.3 is 0 Å². The zero-order valence-corrected chi connectivity index (χ0v) is 21.8. The average molecular weight is 488 g/mol. The van der Waals surface area contributed by atoms with E-state index in [0.717, 1.165) is 40.8 Å². The van der Waals surface area contributed by atoms with Gasteiger partial charge in [-0.05, 0) is 31.0 Å². The number of aromatic amines is 2. The van der Waals surface area contributed by atoms with Gasteiger partial charge in [-0.15, -0.1) is 0 Å². The second kappa shape index (κ2) is 13.8. The second-order valence-corrected chi connectivity index (χ2v) is 9.93. The van der Waals surface area contributed by atoms with E-state index in [-0.39, 0.29) is 5.56 Å². The number of nitrogens with zero attached hydrogens (tertiary/aromatic N) is 3. The van der Waals surface area contributed by atoms with Gasteiger partial charge in [0.05, 0.1) is 11.3 Å². The van der Waals surface area contributed by atoms with E-state index in [4.69, 9.17) is 0 Å². The molecule has 192 valence electrons. The van der Waals surface area contributed by atoms with Gasteiger partial charge in [-0.3, -0.25) is 9.89 Å². The molecule has 6 nitrogen and oxygen atoms in total. The van der Waals surface area contributed by atoms with Gasteiger partial charge >= 0.3 is 0 Å². The molecule has 2 heterocycles. The predicted molar refractivity (Wildman–Crippen MR) is 149 cm³/mol. The highest BCUT2D eigenvalue weighted by Gasteiger charge is 2.20. The van der Waals surface area contributed by atoms with Crippen LogP contribution in [0, 0.1) is 0 Å². The minimum Gasteiger partial charge on any atom is -0.294 e. The molecule has 4 aromatic rings. The Kier molecular flexibility index (Phi) is 9.95. The van der Waals surface area contributed by atoms with Crippen LogP contribution < -0.4 is 5.56 Å². The van der Waals surface area contributed by atoms with Crippen LogP contribution in [0.25, 0.3) is 27.8 Å². The normalized spacial score (nSPS) is 11.5. The third-order valence-electron chi connectivity index (χ3n) is 7.13. The first-order valence-corrected chi connectivity index (χ1v) is 14.0. The molecule has 0 bridgehead atoms. The van der Waals surface area contributed by atoms with Gasteiger partial charge in [-0.25, -0.2) is 4.68 Å². The molecule has 0 aliphatic carbocycles. The van der Waals surface area contributed by atoms with Crippen molar-refractivity contribution in [2.24, 2.45) is 0 Å². The van der Waals surface area contributed by atoms with Crippen molar-refractivity contribution in [3.8, 4) is 16.8 Å². The van der Waals surface area contributed by atoms with E-state index < -0.39 is 0 Å². The maximum atomic E-state index is 13.6. The monoisotopic (exact) mass is 487 g/mol. The Hall–Kier alpha value is -3.15. The summed E-state index contributed by atoms with van der Waals surface area (Å²) in [7, 11) is 0. The molecule has 0 saturated carbocycles. The lowest BCUT2D eigenvalue weighted by molar-refractivity contribution is 0.538. The Morgan fingerprint density at radius 2 is 1.36 bits per heavy atom. The maximum absolute atomic E-state index is 13.6. The first-order chi connectivity index (χ1) is 17.8. The molecule has 0 saturated heterocycles. The van der Waals surface area contributed by atoms with Crippen LogP contribution in [0.4, 0.5) is 0 Å². The summed E-state index contributed by atoms with van der Waals surface area (Å²) >= 11 is 0. The third-order valence-corrected chi connectivity index (χ3v) is 7.13. The number of hydrogen-bond donors (Lipinski definition) is 2. The highest BCUT2D eigenvalue weighted by Crippen LogP contribution is 2.27. The summed E-state index contributed by atoms with van der Waals surface area (Å²) in [6, 6.07) is 15.6. The number of fused-ring (bicyclic) bond motifs is 1. The Morgan fingerprint density at radius 3 is 2.03 bits per heavy atom. The quantitative estimate of drug-likeness (QED) is 0.159. The lowest BCUT2D eigenvalue weighted by Crippen LogP contribution is -2.15. The van der Waals surface area contributed by atoms with Crippen LogP contribution in [0.1, 0.15) is 96.1 Å². The van der Waals surface area contributed by atoms with Crippen LogP contribution in [-0.4, -0.2) is 25.2 Å². The molecule has 4 rings (SSSR count). The third kappa shape index (κ3) is 6.74. The standard InChI is InChI=1S/C30H41N5O/c1-2-3-4-5-6-7-8-9-10-11-12-13-17-22-26-28(25-21-18-23-27-29(25)32-34-31-27)30(36)35(33-26)24-19-15-14-16-20-24/h14-16,18-21,23,33H,2-13,17,22H2,1H3,(H,31,32,34). The zero-order valence-electron chi connectivity index (χ0n) is 21.8. The number of unbranched alkanes of at least 4 members (excludes halogenated alkanes) is 12. The fourth-order valence-electron chi connectivity index (χ4n) is 5.09. The number of rotatable bonds is 16. The first-order valence-electron chi connectivity index (χ1n) is 14.0. The van der Waals surface area contributed by atoms with Gasteiger partial charge in [0.1, 0.15) is 11.0 Å². The molecule has 0 fully saturated rings. The molecule has 0 radical (unpaired) electrons. The van der Waals surface area contributed by atoms with Crippen LogP contribution in [-0.2, 0) is 6.42 Å². The van der Waals surface area contributed by atoms with Crippen molar-refractivity contribution in [3.05, 3.63) is 64.6 Å². The van der Waals surface area contributed by atoms with Gasteiger partial charge in [0.25, 0.3) is 5.56 Å². The van der Waals surface area contributed by atoms with Gasteiger partial charge in [-0.1, -0.05) is 114 Å². The number of aryl methyl sites for hydroxylation is 1. The number of aromatic nitrogens is 5. The highest BCUT2D eigenvalue weighted by atomic mass is 16.1. The first kappa shape index (κ1) is 25.9. The number of hydrogen-bond acceptors (Lipinski definition) is 3. The van der Waals surface area contributed by atoms with Crippen molar-refractivity contribution in [3.63, 3.8) is 0 Å². The molecule has 0 spiro atoms. The molecule has 0 unspecified atom stereocenters. The number of benzene rings is 2. The summed E-state index contributed by atoms with van der Waals surface area (Å²) in [5, 5.41) is 14.7. The fourth-order valence-corrected chi connectivity index (χ4v) is 5.09. The number of para-hydroxylation sites is 2. The van der Waals surface area contributed by atoms with E-state index in [9.17, 15) is 4.79 Å². The lowest BCUT2D eigenvalue weighted by Gasteiger charge is -2.05. The van der Waals surface area contributed by atoms with Crippen LogP contribution in [0.3, 0.4) is 0 Å². The van der Waals surface area contributed by atoms with Crippen molar-refractivity contribution in [2.75, 3.05) is 0 Å². The topological polar surface area (TPSA) is 79.4 Å². The predicted octanol–water partition coefficient (Wildman–Crippen LogP) is 7.74. The van der Waals surface area contributed by atoms with E-state index in [2.05, 4.69) is 27.4 Å². The molecule has 0 aliphatic rings. The van der Waals surface area contributed by atoms with Crippen LogP contribution >= 0.6 is 0 Å². The summed E-state index contributed by atoms with van der Waals surface area (Å²) in [5.41, 5.74) is 4.82. The molecule has 6 heteroatoms. The maximum Gasteiger partial charge on any atom is 0.279 e. The number of H-pyrrole nitrogens is 2. The van der Waals surface area contributed by atoms with Crippen molar-refractivity contribution in [1.82, 2.24) is 25.2 Å². The molecule has 2 aromatic heterocycles. The smallest absolute Gasteiger partial charge is 0.279 e. The highest BCUT2D eigenvalue weighted by molar-refractivity contribution is 5.91. The van der Waals surface area contributed by atoms with Crippen molar-refractivity contribution >= 4 is 11.0 Å². The largest absolute Gasteiger partial charge is 0.294 e. The second-order valence-electron chi connectivity index (χ2n) is 9.93. The molecule has 0 amide bonds. The molecule has 36 heavy (non-hydrogen) atoms. The SMILES string of the molecule is CCCCCCCCCCCCCCCc1[nH]n(-c2ccccc2)c(=O)c1-c1cccc2n[nH]nc12. The van der Waals surface area contributed by atoms with E-state index >= 15 is 0 Å². The van der Waals surface area contributed by atoms with Crippen molar-refractivity contribution < 1.29 is 0 Å². The molecular weight excluding hydrogens is 446 g/mol. The van der Waals surface area contributed by atoms with E-state index in [1.54, 1.807) is 4.68 Å². The Labute approximate surface area is 214 Å². The summed E-state index contributed by atoms with van der Waals surface area (Å²) in [6.07, 6.45) is 18.1. The fraction of sp³-hybridized carbons (Fsp3) is 0.500. The number of nitrogens with one attached hydrogen (secondary N) is 2. The van der Waals surface area contributed by atoms with Gasteiger partial charge in [-0.2, -0.15) is 15.4 Å². The Balaban J connectivity index is 1.33. The van der Waals surface area contributed by atoms with E-state index in [0.29, 0.717) is 5.56 Å². The minimum atomic E-state index is -0.0404.